The van der Waals surface area contributed by atoms with E-state index in [1.807, 2.05) is 6.07 Å². The van der Waals surface area contributed by atoms with Crippen LogP contribution in [-0.2, 0) is 26.0 Å². The maximum Gasteiger partial charge on any atom is 0.252 e. The van der Waals surface area contributed by atoms with Crippen molar-refractivity contribution >= 4 is 43.5 Å². The molecule has 0 saturated carbocycles. The van der Waals surface area contributed by atoms with E-state index in [2.05, 4.69) is 15.9 Å². The van der Waals surface area contributed by atoms with Crippen molar-refractivity contribution in [2.24, 2.45) is 0 Å². The van der Waals surface area contributed by atoms with Crippen molar-refractivity contribution < 1.29 is 27.5 Å². The Hall–Kier alpha value is -3.21. The number of nitrogens with zero attached hydrogens (tertiary/aromatic N) is 2. The molecule has 1 saturated heterocycles. The van der Waals surface area contributed by atoms with Gasteiger partial charge in [-0.2, -0.15) is 4.31 Å². The summed E-state index contributed by atoms with van der Waals surface area (Å²) in [6.45, 7) is -0.0137. The molecule has 0 aliphatic carbocycles. The highest BCUT2D eigenvalue weighted by atomic mass is 79.9. The van der Waals surface area contributed by atoms with Gasteiger partial charge in [-0.25, -0.2) is 13.3 Å². The van der Waals surface area contributed by atoms with Crippen LogP contribution in [0.5, 0.6) is 11.5 Å². The van der Waals surface area contributed by atoms with Gasteiger partial charge in [-0.05, 0) is 60.5 Å². The van der Waals surface area contributed by atoms with Crippen LogP contribution in [0.1, 0.15) is 12.0 Å². The lowest BCUT2D eigenvalue weighted by Gasteiger charge is -2.27. The maximum absolute atomic E-state index is 13.8. The van der Waals surface area contributed by atoms with E-state index >= 15 is 0 Å². The molecule has 1 heterocycles. The molecule has 10 heteroatoms. The van der Waals surface area contributed by atoms with Gasteiger partial charge in [0.25, 0.3) is 5.91 Å². The molecule has 2 amide bonds. The van der Waals surface area contributed by atoms with Gasteiger partial charge in [0.1, 0.15) is 6.04 Å². The molecular formula is C26H25BrN2O6S. The summed E-state index contributed by atoms with van der Waals surface area (Å²) in [6.07, 6.45) is 0.0504. The molecule has 0 spiro atoms. The van der Waals surface area contributed by atoms with Crippen LogP contribution in [0.2, 0.25) is 0 Å². The number of benzene rings is 3. The van der Waals surface area contributed by atoms with Crippen LogP contribution < -0.4 is 14.4 Å². The van der Waals surface area contributed by atoms with Gasteiger partial charge >= 0.3 is 0 Å². The quantitative estimate of drug-likeness (QED) is 0.359. The van der Waals surface area contributed by atoms with Crippen LogP contribution >= 0.6 is 15.9 Å². The average molecular weight is 573 g/mol. The first kappa shape index (κ1) is 25.9. The lowest BCUT2D eigenvalue weighted by molar-refractivity contribution is -0.122. The molecule has 0 bridgehead atoms. The molecule has 4 rings (SSSR count). The Balaban J connectivity index is 1.69. The van der Waals surface area contributed by atoms with E-state index in [0.717, 1.165) is 19.2 Å². The molecule has 8 nitrogen and oxygen atoms in total. The van der Waals surface area contributed by atoms with Crippen LogP contribution in [0.15, 0.2) is 82.2 Å². The summed E-state index contributed by atoms with van der Waals surface area (Å²) in [5.41, 5.74) is 1.20. The Morgan fingerprint density at radius 3 is 2.25 bits per heavy atom. The Bertz CT molecular complexity index is 1360. The monoisotopic (exact) mass is 572 g/mol. The molecule has 1 aliphatic rings. The van der Waals surface area contributed by atoms with E-state index in [9.17, 15) is 18.0 Å². The number of methoxy groups -OCH3 is 2. The Kier molecular flexibility index (Phi) is 7.77. The number of anilines is 1. The lowest BCUT2D eigenvalue weighted by Crippen LogP contribution is -2.46. The number of amides is 2. The summed E-state index contributed by atoms with van der Waals surface area (Å²) in [5.74, 6) is 0.0490. The van der Waals surface area contributed by atoms with Crippen LogP contribution in [0.4, 0.5) is 5.69 Å². The Morgan fingerprint density at radius 1 is 0.944 bits per heavy atom. The molecule has 1 fully saturated rings. The number of ether oxygens (including phenoxy) is 2. The second-order valence-corrected chi connectivity index (χ2v) is 10.9. The van der Waals surface area contributed by atoms with Gasteiger partial charge in [-0.1, -0.05) is 40.2 Å². The topological polar surface area (TPSA) is 93.2 Å². The molecule has 0 aromatic heterocycles. The highest BCUT2D eigenvalue weighted by Crippen LogP contribution is 2.31. The number of halogens is 1. The molecular weight excluding hydrogens is 548 g/mol. The molecule has 1 unspecified atom stereocenters. The van der Waals surface area contributed by atoms with E-state index < -0.39 is 27.9 Å². The third-order valence-electron chi connectivity index (χ3n) is 5.97. The molecule has 1 aliphatic heterocycles. The maximum atomic E-state index is 13.8. The second-order valence-electron chi connectivity index (χ2n) is 8.13. The van der Waals surface area contributed by atoms with Gasteiger partial charge in [-0.3, -0.25) is 9.59 Å². The fourth-order valence-electron chi connectivity index (χ4n) is 4.15. The van der Waals surface area contributed by atoms with Crippen molar-refractivity contribution in [1.29, 1.82) is 0 Å². The summed E-state index contributed by atoms with van der Waals surface area (Å²) in [7, 11) is -1.05. The van der Waals surface area contributed by atoms with Gasteiger partial charge in [-0.15, -0.1) is 0 Å². The predicted molar refractivity (Wildman–Crippen MR) is 139 cm³/mol. The van der Waals surface area contributed by atoms with Gasteiger partial charge in [0.2, 0.25) is 15.9 Å². The number of carbonyl (C=O) groups excluding carboxylic acids is 2. The van der Waals surface area contributed by atoms with Crippen molar-refractivity contribution in [3.05, 3.63) is 82.8 Å². The Labute approximate surface area is 218 Å². The number of sulfonamides is 1. The fourth-order valence-corrected chi connectivity index (χ4v) is 6.00. The van der Waals surface area contributed by atoms with Gasteiger partial charge in [0.05, 0.1) is 31.2 Å². The normalized spacial score (nSPS) is 16.0. The minimum Gasteiger partial charge on any atom is -0.493 e. The number of rotatable bonds is 9. The average Bonchev–Trinajstić information content (AvgIpc) is 3.17. The molecule has 0 N–H and O–H groups in total. The van der Waals surface area contributed by atoms with Crippen molar-refractivity contribution in [2.45, 2.75) is 23.8 Å². The number of para-hydroxylation sites is 1. The van der Waals surface area contributed by atoms with E-state index in [-0.39, 0.29) is 17.9 Å². The van der Waals surface area contributed by atoms with Crippen molar-refractivity contribution in [3.8, 4) is 11.5 Å². The van der Waals surface area contributed by atoms with E-state index in [0.29, 0.717) is 23.6 Å². The molecule has 36 heavy (non-hydrogen) atoms. The number of hydrogen-bond acceptors (Lipinski definition) is 6. The molecule has 188 valence electrons. The van der Waals surface area contributed by atoms with E-state index in [1.54, 1.807) is 54.6 Å². The van der Waals surface area contributed by atoms with Crippen molar-refractivity contribution in [2.75, 3.05) is 25.7 Å². The minimum absolute atomic E-state index is 0.0137. The molecule has 0 radical (unpaired) electrons. The molecule has 3 aromatic rings. The summed E-state index contributed by atoms with van der Waals surface area (Å²) in [6, 6.07) is 18.9. The summed E-state index contributed by atoms with van der Waals surface area (Å²) >= 11 is 3.32. The fraction of sp³-hybridized carbons (Fsp3) is 0.231. The second kappa shape index (κ2) is 10.8. The number of hydrogen-bond donors (Lipinski definition) is 0. The van der Waals surface area contributed by atoms with Crippen LogP contribution in [0.3, 0.4) is 0 Å². The zero-order valence-electron chi connectivity index (χ0n) is 19.8. The zero-order valence-corrected chi connectivity index (χ0v) is 22.2. The highest BCUT2D eigenvalue weighted by Gasteiger charge is 2.46. The predicted octanol–water partition coefficient (Wildman–Crippen LogP) is 4.03. The zero-order chi connectivity index (χ0) is 25.9. The minimum atomic E-state index is -4.11. The first-order valence-electron chi connectivity index (χ1n) is 11.2. The van der Waals surface area contributed by atoms with Gasteiger partial charge < -0.3 is 9.47 Å². The molecule has 1 atom stereocenters. The standard InChI is InChI=1S/C26H25BrN2O6S/c1-34-23-13-8-18(16-24(23)35-2)14-15-28(36(32,33)21-11-9-19(27)10-12-21)22-17-25(30)29(26(22)31)20-6-4-3-5-7-20/h3-13,16,22H,14-15,17H2,1-2H3. The van der Waals surface area contributed by atoms with Gasteiger partial charge in [0.15, 0.2) is 11.5 Å². The number of carbonyl (C=O) groups is 2. The van der Waals surface area contributed by atoms with Crippen molar-refractivity contribution in [3.63, 3.8) is 0 Å². The largest absolute Gasteiger partial charge is 0.493 e. The van der Waals surface area contributed by atoms with Crippen LogP contribution in [0.25, 0.3) is 0 Å². The SMILES string of the molecule is COc1ccc(CCN(C2CC(=O)N(c3ccccc3)C2=O)S(=O)(=O)c2ccc(Br)cc2)cc1OC. The summed E-state index contributed by atoms with van der Waals surface area (Å²) in [5, 5.41) is 0. The van der Waals surface area contributed by atoms with Crippen molar-refractivity contribution in [1.82, 2.24) is 4.31 Å². The Morgan fingerprint density at radius 2 is 1.61 bits per heavy atom. The van der Waals surface area contributed by atoms with E-state index in [1.165, 1.54) is 26.4 Å². The summed E-state index contributed by atoms with van der Waals surface area (Å²) in [4.78, 5) is 27.4. The summed E-state index contributed by atoms with van der Waals surface area (Å²) < 4.78 is 40.0. The first-order valence-corrected chi connectivity index (χ1v) is 13.4. The number of imide groups is 1. The smallest absolute Gasteiger partial charge is 0.252 e. The first-order chi connectivity index (χ1) is 17.3. The van der Waals surface area contributed by atoms with Crippen LogP contribution in [-0.4, -0.2) is 51.3 Å². The van der Waals surface area contributed by atoms with Crippen LogP contribution in [0, 0.1) is 0 Å². The molecule has 3 aromatic carbocycles. The van der Waals surface area contributed by atoms with E-state index in [4.69, 9.17) is 9.47 Å². The lowest BCUT2D eigenvalue weighted by atomic mass is 10.1. The third kappa shape index (κ3) is 5.16. The van der Waals surface area contributed by atoms with Gasteiger partial charge in [0, 0.05) is 11.0 Å². The highest BCUT2D eigenvalue weighted by molar-refractivity contribution is 9.10. The third-order valence-corrected chi connectivity index (χ3v) is 8.42.